The van der Waals surface area contributed by atoms with E-state index in [2.05, 4.69) is 10.6 Å². The lowest BCUT2D eigenvalue weighted by Crippen LogP contribution is -2.96. The number of hydrogen-bond acceptors (Lipinski definition) is 3. The Hall–Kier alpha value is -2.21. The van der Waals surface area contributed by atoms with Gasteiger partial charge in [-0.3, -0.25) is 14.4 Å². The molecule has 0 aromatic heterocycles. The predicted molar refractivity (Wildman–Crippen MR) is 95.1 cm³/mol. The van der Waals surface area contributed by atoms with E-state index in [-0.39, 0.29) is 30.2 Å². The number of carbonyl (C=O) groups excluding carboxylic acids is 3. The van der Waals surface area contributed by atoms with Gasteiger partial charge < -0.3 is 10.6 Å². The number of rotatable bonds is 4. The Morgan fingerprint density at radius 3 is 2.32 bits per heavy atom. The van der Waals surface area contributed by atoms with E-state index in [4.69, 9.17) is 0 Å². The van der Waals surface area contributed by atoms with Gasteiger partial charge in [-0.1, -0.05) is 12.8 Å². The van der Waals surface area contributed by atoms with Crippen LogP contribution in [-0.2, 0) is 14.4 Å². The Kier molecular flexibility index (Phi) is 5.48. The summed E-state index contributed by atoms with van der Waals surface area (Å²) in [5.74, 6) is -0.423. The van der Waals surface area contributed by atoms with E-state index in [1.54, 1.807) is 24.3 Å². The molecule has 1 aliphatic heterocycles. The third kappa shape index (κ3) is 4.25. The fraction of sp³-hybridized carbons (Fsp3) is 0.526. The van der Waals surface area contributed by atoms with Gasteiger partial charge in [-0.2, -0.15) is 0 Å². The summed E-state index contributed by atoms with van der Waals surface area (Å²) in [5, 5.41) is 4.80. The molecule has 1 aromatic rings. The number of anilines is 2. The highest BCUT2D eigenvalue weighted by atomic mass is 16.2. The lowest BCUT2D eigenvalue weighted by atomic mass is 10.1. The van der Waals surface area contributed by atoms with Gasteiger partial charge in [0.15, 0.2) is 6.04 Å². The van der Waals surface area contributed by atoms with Gasteiger partial charge in [-0.05, 0) is 49.9 Å². The highest BCUT2D eigenvalue weighted by Crippen LogP contribution is 2.24. The van der Waals surface area contributed by atoms with Crippen LogP contribution in [-0.4, -0.2) is 29.8 Å². The monoisotopic (exact) mass is 344 g/mol. The quantitative estimate of drug-likeness (QED) is 0.642. The van der Waals surface area contributed by atoms with Crippen LogP contribution >= 0.6 is 0 Å². The van der Waals surface area contributed by atoms with E-state index < -0.39 is 0 Å². The number of nitrogens with one attached hydrogen (secondary N) is 1. The number of quaternary nitrogens is 1. The molecule has 2 aliphatic rings. The van der Waals surface area contributed by atoms with Crippen molar-refractivity contribution in [2.45, 2.75) is 64.0 Å². The van der Waals surface area contributed by atoms with E-state index in [1.807, 2.05) is 0 Å². The average Bonchev–Trinajstić information content (AvgIpc) is 2.75. The van der Waals surface area contributed by atoms with Crippen LogP contribution in [0.5, 0.6) is 0 Å². The second-order valence-corrected chi connectivity index (χ2v) is 7.05. The van der Waals surface area contributed by atoms with Crippen molar-refractivity contribution in [1.29, 1.82) is 0 Å². The number of carbonyl (C=O) groups is 3. The Morgan fingerprint density at radius 1 is 1.08 bits per heavy atom. The van der Waals surface area contributed by atoms with Crippen LogP contribution in [0.2, 0.25) is 0 Å². The summed E-state index contributed by atoms with van der Waals surface area (Å²) in [6.07, 6.45) is 7.49. The van der Waals surface area contributed by atoms with Crippen LogP contribution in [0.4, 0.5) is 11.4 Å². The highest BCUT2D eigenvalue weighted by molar-refractivity contribution is 6.21. The summed E-state index contributed by atoms with van der Waals surface area (Å²) < 4.78 is 0. The minimum Gasteiger partial charge on any atom is -0.333 e. The van der Waals surface area contributed by atoms with Gasteiger partial charge in [0.2, 0.25) is 11.8 Å². The first kappa shape index (κ1) is 17.6. The second kappa shape index (κ2) is 7.78. The van der Waals surface area contributed by atoms with Crippen LogP contribution in [0.25, 0.3) is 0 Å². The average molecular weight is 344 g/mol. The van der Waals surface area contributed by atoms with Crippen molar-refractivity contribution in [3.8, 4) is 0 Å². The van der Waals surface area contributed by atoms with E-state index in [0.29, 0.717) is 17.4 Å². The fourth-order valence-corrected chi connectivity index (χ4v) is 3.81. The first-order valence-corrected chi connectivity index (χ1v) is 9.14. The van der Waals surface area contributed by atoms with Crippen molar-refractivity contribution >= 4 is 29.1 Å². The molecule has 0 spiro atoms. The number of nitrogens with zero attached hydrogens (tertiary/aromatic N) is 1. The number of nitrogens with two attached hydrogens (primary N) is 1. The maximum absolute atomic E-state index is 12.7. The van der Waals surface area contributed by atoms with E-state index in [9.17, 15) is 14.4 Å². The predicted octanol–water partition coefficient (Wildman–Crippen LogP) is 1.56. The minimum atomic E-state index is -0.300. The number of imide groups is 1. The van der Waals surface area contributed by atoms with Crippen LogP contribution in [0, 0.1) is 0 Å². The molecule has 6 nitrogen and oxygen atoms in total. The zero-order valence-electron chi connectivity index (χ0n) is 14.7. The second-order valence-electron chi connectivity index (χ2n) is 7.05. The standard InChI is InChI=1S/C19H25N3O3/c1-13(23)20-15-8-10-16(11-9-15)22-18(24)12-17(19(22)25)21-14-6-4-2-3-5-7-14/h8-11,14,17,21H,2-7,12H2,1H3,(H,20,23)/p+1/t17-/m1/s1. The van der Waals surface area contributed by atoms with Crippen molar-refractivity contribution in [2.75, 3.05) is 10.2 Å². The zero-order valence-corrected chi connectivity index (χ0v) is 14.7. The number of hydrogen-bond donors (Lipinski definition) is 2. The molecule has 1 aromatic carbocycles. The van der Waals surface area contributed by atoms with Gasteiger partial charge >= 0.3 is 0 Å². The molecule has 6 heteroatoms. The molecule has 3 amide bonds. The molecule has 1 heterocycles. The van der Waals surface area contributed by atoms with Gasteiger partial charge in [0.05, 0.1) is 18.2 Å². The van der Waals surface area contributed by atoms with Crippen LogP contribution < -0.4 is 15.5 Å². The van der Waals surface area contributed by atoms with E-state index >= 15 is 0 Å². The Morgan fingerprint density at radius 2 is 1.72 bits per heavy atom. The molecule has 1 aliphatic carbocycles. The maximum Gasteiger partial charge on any atom is 0.292 e. The third-order valence-electron chi connectivity index (χ3n) is 5.03. The van der Waals surface area contributed by atoms with Crippen LogP contribution in [0.15, 0.2) is 24.3 Å². The summed E-state index contributed by atoms with van der Waals surface area (Å²) in [6, 6.07) is 6.97. The SMILES string of the molecule is CC(=O)Nc1ccc(N2C(=O)C[C@@H]([NH2+]C3CCCCCC3)C2=O)cc1. The lowest BCUT2D eigenvalue weighted by molar-refractivity contribution is -0.708. The number of benzene rings is 1. The molecular weight excluding hydrogens is 318 g/mol. The molecule has 1 saturated heterocycles. The van der Waals surface area contributed by atoms with Gasteiger partial charge in [-0.15, -0.1) is 0 Å². The fourth-order valence-electron chi connectivity index (χ4n) is 3.81. The smallest absolute Gasteiger partial charge is 0.292 e. The molecule has 134 valence electrons. The molecule has 0 unspecified atom stereocenters. The van der Waals surface area contributed by atoms with Gasteiger partial charge in [0.25, 0.3) is 5.91 Å². The van der Waals surface area contributed by atoms with E-state index in [1.165, 1.54) is 37.5 Å². The van der Waals surface area contributed by atoms with Crippen LogP contribution in [0.3, 0.4) is 0 Å². The molecule has 25 heavy (non-hydrogen) atoms. The summed E-state index contributed by atoms with van der Waals surface area (Å²) in [6.45, 7) is 1.44. The summed E-state index contributed by atoms with van der Waals surface area (Å²) in [5.41, 5.74) is 1.22. The molecule has 2 fully saturated rings. The molecule has 1 atom stereocenters. The first-order chi connectivity index (χ1) is 12.0. The van der Waals surface area contributed by atoms with Crippen molar-refractivity contribution in [3.63, 3.8) is 0 Å². The van der Waals surface area contributed by atoms with Gasteiger partial charge in [-0.25, -0.2) is 4.90 Å². The molecule has 0 bridgehead atoms. The summed E-state index contributed by atoms with van der Waals surface area (Å²) >= 11 is 0. The topological polar surface area (TPSA) is 83.1 Å². The third-order valence-corrected chi connectivity index (χ3v) is 5.03. The maximum atomic E-state index is 12.7. The summed E-state index contributed by atoms with van der Waals surface area (Å²) in [4.78, 5) is 37.5. The zero-order chi connectivity index (χ0) is 17.8. The van der Waals surface area contributed by atoms with Crippen LogP contribution in [0.1, 0.15) is 51.9 Å². The normalized spacial score (nSPS) is 22.1. The Labute approximate surface area is 148 Å². The van der Waals surface area contributed by atoms with E-state index in [0.717, 1.165) is 12.8 Å². The Bertz CT molecular complexity index is 648. The first-order valence-electron chi connectivity index (χ1n) is 9.14. The molecular formula is C19H26N3O3+. The Balaban J connectivity index is 1.67. The largest absolute Gasteiger partial charge is 0.333 e. The highest BCUT2D eigenvalue weighted by Gasteiger charge is 2.43. The summed E-state index contributed by atoms with van der Waals surface area (Å²) in [7, 11) is 0. The van der Waals surface area contributed by atoms with Gasteiger partial charge in [0.1, 0.15) is 0 Å². The molecule has 3 N–H and O–H groups in total. The molecule has 0 radical (unpaired) electrons. The van der Waals surface area contributed by atoms with Crippen molar-refractivity contribution < 1.29 is 19.7 Å². The molecule has 3 rings (SSSR count). The molecule has 1 saturated carbocycles. The van der Waals surface area contributed by atoms with Crippen molar-refractivity contribution in [2.24, 2.45) is 0 Å². The number of amides is 3. The lowest BCUT2D eigenvalue weighted by Gasteiger charge is -2.18. The van der Waals surface area contributed by atoms with Crippen molar-refractivity contribution in [1.82, 2.24) is 0 Å². The van der Waals surface area contributed by atoms with Crippen molar-refractivity contribution in [3.05, 3.63) is 24.3 Å². The van der Waals surface area contributed by atoms with Gasteiger partial charge in [0, 0.05) is 12.6 Å². The minimum absolute atomic E-state index is 0.124.